The summed E-state index contributed by atoms with van der Waals surface area (Å²) >= 11 is 0. The van der Waals surface area contributed by atoms with Crippen molar-refractivity contribution in [3.8, 4) is 0 Å². The smallest absolute Gasteiger partial charge is 0.188 e. The van der Waals surface area contributed by atoms with Crippen LogP contribution < -0.4 is 11.1 Å². The molecule has 0 atom stereocenters. The van der Waals surface area contributed by atoms with Gasteiger partial charge in [-0.15, -0.1) is 0 Å². The average molecular weight is 215 g/mol. The van der Waals surface area contributed by atoms with Gasteiger partial charge in [-0.1, -0.05) is 13.3 Å². The van der Waals surface area contributed by atoms with E-state index in [4.69, 9.17) is 10.5 Å². The highest BCUT2D eigenvalue weighted by Gasteiger charge is 1.94. The lowest BCUT2D eigenvalue weighted by Crippen LogP contribution is -2.36. The van der Waals surface area contributed by atoms with Gasteiger partial charge in [0.05, 0.1) is 0 Å². The minimum Gasteiger partial charge on any atom is -0.381 e. The Morgan fingerprint density at radius 2 is 2.00 bits per heavy atom. The summed E-state index contributed by atoms with van der Waals surface area (Å²) in [5.41, 5.74) is 5.64. The lowest BCUT2D eigenvalue weighted by molar-refractivity contribution is 0.130. The first-order valence-electron chi connectivity index (χ1n) is 5.81. The molecule has 0 aromatic carbocycles. The van der Waals surface area contributed by atoms with Crippen molar-refractivity contribution < 1.29 is 4.74 Å². The Balaban J connectivity index is 3.28. The van der Waals surface area contributed by atoms with Crippen LogP contribution in [0.5, 0.6) is 0 Å². The third-order valence-corrected chi connectivity index (χ3v) is 1.81. The molecule has 0 radical (unpaired) electrons. The second-order valence-electron chi connectivity index (χ2n) is 3.89. The first kappa shape index (κ1) is 14.2. The minimum atomic E-state index is 0.342. The molecule has 0 amide bonds. The van der Waals surface area contributed by atoms with Gasteiger partial charge >= 0.3 is 0 Å². The largest absolute Gasteiger partial charge is 0.381 e. The Bertz CT molecular complexity index is 169. The first-order chi connectivity index (χ1) is 7.16. The molecule has 0 fully saturated rings. The normalized spacial score (nSPS) is 12.1. The van der Waals surface area contributed by atoms with Gasteiger partial charge in [0, 0.05) is 25.8 Å². The standard InChI is InChI=1S/C11H25N3O/c1-4-5-8-15-9-6-7-13-11(12)14-10(2)3/h10H,4-9H2,1-3H3,(H3,12,13,14). The highest BCUT2D eigenvalue weighted by molar-refractivity contribution is 5.77. The summed E-state index contributed by atoms with van der Waals surface area (Å²) in [6.07, 6.45) is 3.26. The van der Waals surface area contributed by atoms with Crippen molar-refractivity contribution in [2.45, 2.75) is 46.1 Å². The molecule has 0 bridgehead atoms. The van der Waals surface area contributed by atoms with E-state index in [9.17, 15) is 0 Å². The Morgan fingerprint density at radius 3 is 2.60 bits per heavy atom. The monoisotopic (exact) mass is 215 g/mol. The van der Waals surface area contributed by atoms with Crippen molar-refractivity contribution in [2.75, 3.05) is 19.8 Å². The Morgan fingerprint density at radius 1 is 1.33 bits per heavy atom. The molecule has 0 spiro atoms. The number of nitrogens with one attached hydrogen (secondary N) is 1. The first-order valence-corrected chi connectivity index (χ1v) is 5.81. The van der Waals surface area contributed by atoms with E-state index < -0.39 is 0 Å². The van der Waals surface area contributed by atoms with Crippen LogP contribution in [0.2, 0.25) is 0 Å². The highest BCUT2D eigenvalue weighted by atomic mass is 16.5. The van der Waals surface area contributed by atoms with E-state index in [1.54, 1.807) is 0 Å². The van der Waals surface area contributed by atoms with Gasteiger partial charge in [0.1, 0.15) is 0 Å². The predicted octanol–water partition coefficient (Wildman–Crippen LogP) is 1.51. The molecule has 0 heterocycles. The van der Waals surface area contributed by atoms with Gasteiger partial charge in [-0.3, -0.25) is 4.99 Å². The minimum absolute atomic E-state index is 0.342. The number of unbranched alkanes of at least 4 members (excludes halogenated alkanes) is 1. The molecule has 3 N–H and O–H groups in total. The van der Waals surface area contributed by atoms with Crippen LogP contribution in [0.15, 0.2) is 4.99 Å². The maximum absolute atomic E-state index is 5.64. The molecule has 0 saturated carbocycles. The molecule has 4 heteroatoms. The Hall–Kier alpha value is -0.770. The van der Waals surface area contributed by atoms with E-state index in [1.807, 2.05) is 13.8 Å². The molecule has 0 aliphatic carbocycles. The zero-order valence-corrected chi connectivity index (χ0v) is 10.3. The van der Waals surface area contributed by atoms with Crippen molar-refractivity contribution >= 4 is 5.96 Å². The van der Waals surface area contributed by atoms with Crippen molar-refractivity contribution in [1.82, 2.24) is 5.32 Å². The fraction of sp³-hybridized carbons (Fsp3) is 0.909. The highest BCUT2D eigenvalue weighted by Crippen LogP contribution is 1.90. The number of nitrogens with two attached hydrogens (primary N) is 1. The number of nitrogens with zero attached hydrogens (tertiary/aromatic N) is 1. The average Bonchev–Trinajstić information content (AvgIpc) is 2.15. The summed E-state index contributed by atoms with van der Waals surface area (Å²) < 4.78 is 5.41. The molecule has 4 nitrogen and oxygen atoms in total. The van der Waals surface area contributed by atoms with E-state index in [0.717, 1.165) is 32.6 Å². The van der Waals surface area contributed by atoms with Gasteiger partial charge in [-0.2, -0.15) is 0 Å². The van der Waals surface area contributed by atoms with Crippen LogP contribution in [-0.2, 0) is 4.74 Å². The van der Waals surface area contributed by atoms with Crippen molar-refractivity contribution in [1.29, 1.82) is 0 Å². The molecule has 0 rings (SSSR count). The molecule has 0 aliphatic heterocycles. The van der Waals surface area contributed by atoms with Crippen molar-refractivity contribution in [3.63, 3.8) is 0 Å². The number of hydrogen-bond donors (Lipinski definition) is 2. The molecule has 0 saturated heterocycles. The van der Waals surface area contributed by atoms with Crippen LogP contribution in [0, 0.1) is 0 Å². The fourth-order valence-corrected chi connectivity index (χ4v) is 1.06. The van der Waals surface area contributed by atoms with Crippen LogP contribution in [0.4, 0.5) is 0 Å². The number of guanidine groups is 1. The summed E-state index contributed by atoms with van der Waals surface area (Å²) in [5.74, 6) is 0.526. The Labute approximate surface area is 93.3 Å². The van der Waals surface area contributed by atoms with Gasteiger partial charge in [-0.25, -0.2) is 0 Å². The maximum Gasteiger partial charge on any atom is 0.188 e. The number of aliphatic imine (C=N–C) groups is 1. The van der Waals surface area contributed by atoms with Crippen molar-refractivity contribution in [2.24, 2.45) is 10.7 Å². The van der Waals surface area contributed by atoms with E-state index in [-0.39, 0.29) is 0 Å². The van der Waals surface area contributed by atoms with E-state index >= 15 is 0 Å². The molecule has 0 unspecified atom stereocenters. The fourth-order valence-electron chi connectivity index (χ4n) is 1.06. The maximum atomic E-state index is 5.64. The topological polar surface area (TPSA) is 59.6 Å². The molecular formula is C11H25N3O. The number of rotatable bonds is 8. The lowest BCUT2D eigenvalue weighted by atomic mass is 10.4. The van der Waals surface area contributed by atoms with Crippen LogP contribution in [0.25, 0.3) is 0 Å². The summed E-state index contributed by atoms with van der Waals surface area (Å²) in [6, 6.07) is 0.342. The zero-order valence-electron chi connectivity index (χ0n) is 10.3. The van der Waals surface area contributed by atoms with Crippen LogP contribution >= 0.6 is 0 Å². The third-order valence-electron chi connectivity index (χ3n) is 1.81. The van der Waals surface area contributed by atoms with Crippen LogP contribution in [0.1, 0.15) is 40.0 Å². The van der Waals surface area contributed by atoms with Gasteiger partial charge < -0.3 is 15.8 Å². The molecule has 0 aliphatic rings. The number of ether oxygens (including phenoxy) is 1. The van der Waals surface area contributed by atoms with E-state index in [2.05, 4.69) is 17.2 Å². The van der Waals surface area contributed by atoms with Gasteiger partial charge in [-0.05, 0) is 26.7 Å². The quantitative estimate of drug-likeness (QED) is 0.366. The van der Waals surface area contributed by atoms with Gasteiger partial charge in [0.15, 0.2) is 5.96 Å². The van der Waals surface area contributed by atoms with Gasteiger partial charge in [0.2, 0.25) is 0 Å². The molecular weight excluding hydrogens is 190 g/mol. The van der Waals surface area contributed by atoms with Gasteiger partial charge in [0.25, 0.3) is 0 Å². The second-order valence-corrected chi connectivity index (χ2v) is 3.89. The van der Waals surface area contributed by atoms with E-state index in [0.29, 0.717) is 12.0 Å². The predicted molar refractivity (Wildman–Crippen MR) is 65.1 cm³/mol. The summed E-state index contributed by atoms with van der Waals surface area (Å²) in [6.45, 7) is 8.61. The van der Waals surface area contributed by atoms with Crippen LogP contribution in [-0.4, -0.2) is 31.8 Å². The van der Waals surface area contributed by atoms with E-state index in [1.165, 1.54) is 6.42 Å². The zero-order chi connectivity index (χ0) is 11.5. The summed E-state index contributed by atoms with van der Waals surface area (Å²) in [5, 5.41) is 3.04. The van der Waals surface area contributed by atoms with Crippen molar-refractivity contribution in [3.05, 3.63) is 0 Å². The molecule has 90 valence electrons. The lowest BCUT2D eigenvalue weighted by Gasteiger charge is -2.08. The SMILES string of the molecule is CCCCOCCCN=C(N)NC(C)C. The molecule has 0 aromatic rings. The summed E-state index contributed by atoms with van der Waals surface area (Å²) in [7, 11) is 0. The van der Waals surface area contributed by atoms with Crippen LogP contribution in [0.3, 0.4) is 0 Å². The second kappa shape index (κ2) is 9.77. The molecule has 0 aromatic heterocycles. The number of hydrogen-bond acceptors (Lipinski definition) is 2. The summed E-state index contributed by atoms with van der Waals surface area (Å²) in [4.78, 5) is 4.19. The Kier molecular flexibility index (Phi) is 9.27. The molecule has 15 heavy (non-hydrogen) atoms. The third kappa shape index (κ3) is 11.2.